The quantitative estimate of drug-likeness (QED) is 0.549. The van der Waals surface area contributed by atoms with Gasteiger partial charge in [-0.1, -0.05) is 18.2 Å². The Morgan fingerprint density at radius 1 is 1.13 bits per heavy atom. The van der Waals surface area contributed by atoms with Crippen molar-refractivity contribution in [3.63, 3.8) is 0 Å². The van der Waals surface area contributed by atoms with Crippen LogP contribution >= 0.6 is 0 Å². The number of para-hydroxylation sites is 1. The van der Waals surface area contributed by atoms with Crippen LogP contribution in [0, 0.1) is 0 Å². The van der Waals surface area contributed by atoms with Crippen LogP contribution in [0.25, 0.3) is 22.2 Å². The Morgan fingerprint density at radius 2 is 1.90 bits per heavy atom. The van der Waals surface area contributed by atoms with Gasteiger partial charge in [0, 0.05) is 23.9 Å². The number of morpholine rings is 1. The second kappa shape index (κ2) is 10.4. The predicted molar refractivity (Wildman–Crippen MR) is 122 cm³/mol. The summed E-state index contributed by atoms with van der Waals surface area (Å²) in [6, 6.07) is 17.5. The molecule has 3 aromatic rings. The number of carbonyl (C=O) groups excluding carboxylic acids is 1. The molecule has 0 atom stereocenters. The Kier molecular flexibility index (Phi) is 7.12. The average Bonchev–Trinajstić information content (AvgIpc) is 2.82. The fourth-order valence-corrected chi connectivity index (χ4v) is 3.95. The van der Waals surface area contributed by atoms with Crippen molar-refractivity contribution in [2.75, 3.05) is 46.0 Å². The van der Waals surface area contributed by atoms with Crippen molar-refractivity contribution < 1.29 is 19.2 Å². The molecule has 0 spiro atoms. The molecule has 1 aromatic heterocycles. The molecule has 2 aromatic carbocycles. The van der Waals surface area contributed by atoms with E-state index in [1.807, 2.05) is 61.5 Å². The van der Waals surface area contributed by atoms with Crippen molar-refractivity contribution in [3.05, 3.63) is 60.2 Å². The van der Waals surface area contributed by atoms with E-state index >= 15 is 0 Å². The first-order valence-corrected chi connectivity index (χ1v) is 11.1. The van der Waals surface area contributed by atoms with E-state index in [0.29, 0.717) is 18.7 Å². The molecule has 0 aliphatic carbocycles. The third kappa shape index (κ3) is 5.40. The highest BCUT2D eigenvalue weighted by Crippen LogP contribution is 2.26. The van der Waals surface area contributed by atoms with Crippen LogP contribution < -0.4 is 15.0 Å². The molecule has 1 aliphatic rings. The van der Waals surface area contributed by atoms with E-state index in [1.54, 1.807) is 4.90 Å². The first kappa shape index (κ1) is 21.3. The number of ether oxygens (including phenoxy) is 2. The van der Waals surface area contributed by atoms with E-state index in [-0.39, 0.29) is 5.91 Å². The average molecular weight is 421 g/mol. The standard InChI is InChI=1S/C25H29N3O3/c1-2-31-20-10-8-19(9-11-20)24-18-22(21-6-3-4-7-23(21)27-24)25(29)26-12-5-13-28-14-16-30-17-15-28/h3-4,6-11,18H,2,5,12-17H2,1H3,(H,26,29)/p+1. The zero-order valence-electron chi connectivity index (χ0n) is 18.0. The number of hydrogen-bond donors (Lipinski definition) is 2. The molecule has 1 fully saturated rings. The lowest BCUT2D eigenvalue weighted by Gasteiger charge is -2.23. The molecule has 6 heteroatoms. The number of aromatic nitrogens is 1. The van der Waals surface area contributed by atoms with Crippen LogP contribution in [-0.2, 0) is 4.74 Å². The highest BCUT2D eigenvalue weighted by Gasteiger charge is 2.15. The zero-order chi connectivity index (χ0) is 21.5. The number of amides is 1. The molecule has 31 heavy (non-hydrogen) atoms. The van der Waals surface area contributed by atoms with Crippen molar-refractivity contribution in [2.45, 2.75) is 13.3 Å². The van der Waals surface area contributed by atoms with Crippen LogP contribution in [0.5, 0.6) is 5.75 Å². The third-order valence-corrected chi connectivity index (χ3v) is 5.61. The highest BCUT2D eigenvalue weighted by molar-refractivity contribution is 6.07. The number of quaternary nitrogens is 1. The van der Waals surface area contributed by atoms with E-state index in [2.05, 4.69) is 5.32 Å². The monoisotopic (exact) mass is 420 g/mol. The van der Waals surface area contributed by atoms with Gasteiger partial charge in [0.1, 0.15) is 18.8 Å². The first-order chi connectivity index (χ1) is 15.2. The van der Waals surface area contributed by atoms with E-state index in [9.17, 15) is 4.79 Å². The molecule has 0 saturated carbocycles. The van der Waals surface area contributed by atoms with Gasteiger partial charge in [-0.15, -0.1) is 0 Å². The summed E-state index contributed by atoms with van der Waals surface area (Å²) in [5.41, 5.74) is 3.22. The number of fused-ring (bicyclic) bond motifs is 1. The maximum atomic E-state index is 13.0. The minimum atomic E-state index is -0.0530. The second-order valence-corrected chi connectivity index (χ2v) is 7.75. The summed E-state index contributed by atoms with van der Waals surface area (Å²) in [6.45, 7) is 8.08. The Balaban J connectivity index is 1.49. The molecule has 0 unspecified atom stereocenters. The Bertz CT molecular complexity index is 1010. The number of nitrogens with zero attached hydrogens (tertiary/aromatic N) is 1. The second-order valence-electron chi connectivity index (χ2n) is 7.75. The molecular weight excluding hydrogens is 390 g/mol. The summed E-state index contributed by atoms with van der Waals surface area (Å²) in [5.74, 6) is 0.773. The number of benzene rings is 2. The zero-order valence-corrected chi connectivity index (χ0v) is 18.0. The molecule has 0 bridgehead atoms. The topological polar surface area (TPSA) is 64.9 Å². The van der Waals surface area contributed by atoms with Crippen LogP contribution in [0.2, 0.25) is 0 Å². The number of rotatable bonds is 8. The molecule has 1 aliphatic heterocycles. The van der Waals surface area contributed by atoms with Gasteiger partial charge in [0.05, 0.1) is 43.1 Å². The maximum Gasteiger partial charge on any atom is 0.252 e. The van der Waals surface area contributed by atoms with E-state index in [1.165, 1.54) is 0 Å². The smallest absolute Gasteiger partial charge is 0.252 e. The molecule has 2 N–H and O–H groups in total. The fourth-order valence-electron chi connectivity index (χ4n) is 3.95. The van der Waals surface area contributed by atoms with E-state index in [0.717, 1.165) is 67.2 Å². The van der Waals surface area contributed by atoms with Crippen LogP contribution in [0.1, 0.15) is 23.7 Å². The molecule has 0 radical (unpaired) electrons. The number of pyridine rings is 1. The van der Waals surface area contributed by atoms with Gasteiger partial charge in [0.15, 0.2) is 0 Å². The van der Waals surface area contributed by atoms with Crippen molar-refractivity contribution in [1.29, 1.82) is 0 Å². The number of hydrogen-bond acceptors (Lipinski definition) is 4. The maximum absolute atomic E-state index is 13.0. The Labute approximate surface area is 183 Å². The van der Waals surface area contributed by atoms with Gasteiger partial charge in [0.2, 0.25) is 0 Å². The van der Waals surface area contributed by atoms with Crippen LogP contribution in [0.15, 0.2) is 54.6 Å². The summed E-state index contributed by atoms with van der Waals surface area (Å²) in [5, 5.41) is 3.97. The normalized spacial score (nSPS) is 14.5. The van der Waals surface area contributed by atoms with Crippen molar-refractivity contribution in [2.24, 2.45) is 0 Å². The van der Waals surface area contributed by atoms with E-state index < -0.39 is 0 Å². The van der Waals surface area contributed by atoms with Crippen molar-refractivity contribution in [1.82, 2.24) is 10.3 Å². The fraction of sp³-hybridized carbons (Fsp3) is 0.360. The molecule has 2 heterocycles. The van der Waals surface area contributed by atoms with Gasteiger partial charge < -0.3 is 19.7 Å². The minimum Gasteiger partial charge on any atom is -0.494 e. The van der Waals surface area contributed by atoms with E-state index in [4.69, 9.17) is 14.5 Å². The highest BCUT2D eigenvalue weighted by atomic mass is 16.5. The van der Waals surface area contributed by atoms with Crippen molar-refractivity contribution in [3.8, 4) is 17.0 Å². The van der Waals surface area contributed by atoms with Gasteiger partial charge >= 0.3 is 0 Å². The van der Waals surface area contributed by atoms with Gasteiger partial charge in [-0.05, 0) is 43.3 Å². The summed E-state index contributed by atoms with van der Waals surface area (Å²) in [7, 11) is 0. The van der Waals surface area contributed by atoms with Crippen LogP contribution in [0.4, 0.5) is 0 Å². The molecule has 1 amide bonds. The molecule has 4 rings (SSSR count). The Morgan fingerprint density at radius 3 is 2.68 bits per heavy atom. The van der Waals surface area contributed by atoms with Crippen LogP contribution in [-0.4, -0.2) is 56.9 Å². The summed E-state index contributed by atoms with van der Waals surface area (Å²) >= 11 is 0. The molecular formula is C25H30N3O3+. The summed E-state index contributed by atoms with van der Waals surface area (Å²) in [4.78, 5) is 19.4. The largest absolute Gasteiger partial charge is 0.494 e. The molecule has 162 valence electrons. The Hall–Kier alpha value is -2.96. The SMILES string of the molecule is CCOc1ccc(-c2cc(C(=O)NCCC[NH+]3CCOCC3)c3ccccc3n2)cc1. The lowest BCUT2D eigenvalue weighted by atomic mass is 10.0. The molecule has 1 saturated heterocycles. The first-order valence-electron chi connectivity index (χ1n) is 11.1. The lowest BCUT2D eigenvalue weighted by Crippen LogP contribution is -3.14. The van der Waals surface area contributed by atoms with Gasteiger partial charge in [-0.25, -0.2) is 4.98 Å². The van der Waals surface area contributed by atoms with Crippen molar-refractivity contribution >= 4 is 16.8 Å². The number of carbonyl (C=O) groups is 1. The van der Waals surface area contributed by atoms with Gasteiger partial charge in [-0.2, -0.15) is 0 Å². The molecule has 6 nitrogen and oxygen atoms in total. The predicted octanol–water partition coefficient (Wildman–Crippen LogP) is 2.34. The summed E-state index contributed by atoms with van der Waals surface area (Å²) in [6.07, 6.45) is 0.954. The van der Waals surface area contributed by atoms with Gasteiger partial charge in [0.25, 0.3) is 5.91 Å². The summed E-state index contributed by atoms with van der Waals surface area (Å²) < 4.78 is 10.9. The number of nitrogens with one attached hydrogen (secondary N) is 2. The third-order valence-electron chi connectivity index (χ3n) is 5.61. The van der Waals surface area contributed by atoms with Gasteiger partial charge in [-0.3, -0.25) is 4.79 Å². The van der Waals surface area contributed by atoms with Crippen LogP contribution in [0.3, 0.4) is 0 Å². The lowest BCUT2D eigenvalue weighted by molar-refractivity contribution is -0.908. The minimum absolute atomic E-state index is 0.0530.